The summed E-state index contributed by atoms with van der Waals surface area (Å²) in [6.07, 6.45) is 0. The van der Waals surface area contributed by atoms with Crippen LogP contribution in [0.3, 0.4) is 0 Å². The van der Waals surface area contributed by atoms with Crippen LogP contribution in [0.4, 0.5) is 0 Å². The summed E-state index contributed by atoms with van der Waals surface area (Å²) in [5.41, 5.74) is -0.128. The summed E-state index contributed by atoms with van der Waals surface area (Å²) >= 11 is 0. The summed E-state index contributed by atoms with van der Waals surface area (Å²) in [5.74, 6) is 0. The van der Waals surface area contributed by atoms with Crippen LogP contribution in [0.1, 0.15) is 83.1 Å². The maximum Gasteiger partial charge on any atom is 4.00 e. The normalized spacial score (nSPS) is 13.2. The molecule has 0 fully saturated rings. The molecule has 0 atom stereocenters. The van der Waals surface area contributed by atoms with Crippen LogP contribution >= 0.6 is 0 Å². The first-order chi connectivity index (χ1) is 10.8. The molecule has 4 nitrogen and oxygen atoms in total. The van der Waals surface area contributed by atoms with E-state index < -0.39 is 17.0 Å². The van der Waals surface area contributed by atoms with Crippen molar-refractivity contribution in [3.63, 3.8) is 0 Å². The van der Waals surface area contributed by atoms with Crippen LogP contribution in [0, 0.1) is 0 Å². The third kappa shape index (κ3) is 34.5. The maximum atomic E-state index is 5.97. The minimum atomic E-state index is -1.85. The van der Waals surface area contributed by atoms with E-state index in [1.54, 1.807) is 0 Å². The Kier molecular flexibility index (Phi) is 19.9. The van der Waals surface area contributed by atoms with Gasteiger partial charge in [-0.1, -0.05) is 67.7 Å². The molecule has 0 aromatic rings. The van der Waals surface area contributed by atoms with Gasteiger partial charge < -0.3 is 43.6 Å². The van der Waals surface area contributed by atoms with Gasteiger partial charge in [-0.3, -0.25) is 0 Å². The molecular formula is C20H48Cl2N2O2Si2Zr. The zero-order chi connectivity index (χ0) is 21.8. The molecule has 0 heterocycles. The van der Waals surface area contributed by atoms with Gasteiger partial charge >= 0.3 is 26.2 Å². The van der Waals surface area contributed by atoms with Crippen LogP contribution in [0.25, 0.3) is 9.96 Å². The standard InChI is InChI=1S/2C10H24NOSi.2ClH.Zr/c2*1-9(2,3)11-13(7,8)12-10(4,5)6;;;/h2*1-8H3;2*1H;/q2*-1;;;+4/p-2. The van der Waals surface area contributed by atoms with E-state index in [-0.39, 0.29) is 73.3 Å². The second-order valence-electron chi connectivity index (χ2n) is 11.9. The third-order valence-electron chi connectivity index (χ3n) is 2.32. The van der Waals surface area contributed by atoms with Crippen molar-refractivity contribution < 1.29 is 59.9 Å². The Hall–Kier alpha value is 1.74. The Morgan fingerprint density at radius 3 is 0.759 bits per heavy atom. The van der Waals surface area contributed by atoms with E-state index in [9.17, 15) is 0 Å². The number of rotatable bonds is 4. The van der Waals surface area contributed by atoms with Crippen LogP contribution in [-0.4, -0.2) is 39.2 Å². The number of hydrogen-bond donors (Lipinski definition) is 0. The molecule has 0 saturated carbocycles. The smallest absolute Gasteiger partial charge is 1.00 e. The van der Waals surface area contributed by atoms with E-state index in [2.05, 4.69) is 109 Å². The molecule has 0 aliphatic rings. The van der Waals surface area contributed by atoms with Gasteiger partial charge in [0.15, 0.2) is 0 Å². The number of hydrogen-bond acceptors (Lipinski definition) is 2. The largest absolute Gasteiger partial charge is 4.00 e. The zero-order valence-electron chi connectivity index (χ0n) is 22.0. The zero-order valence-corrected chi connectivity index (χ0v) is 27.9. The quantitative estimate of drug-likeness (QED) is 0.483. The van der Waals surface area contributed by atoms with Crippen LogP contribution in [0.15, 0.2) is 0 Å². The van der Waals surface area contributed by atoms with Gasteiger partial charge in [-0.25, -0.2) is 0 Å². The molecular weight excluding hydrogens is 519 g/mol. The average Bonchev–Trinajstić information content (AvgIpc) is 1.97. The van der Waals surface area contributed by atoms with Crippen molar-refractivity contribution in [2.24, 2.45) is 0 Å². The second kappa shape index (κ2) is 14.1. The molecule has 0 spiro atoms. The van der Waals surface area contributed by atoms with Crippen molar-refractivity contribution in [1.29, 1.82) is 0 Å². The minimum absolute atomic E-state index is 0. The summed E-state index contributed by atoms with van der Waals surface area (Å²) in [7, 11) is -3.70. The van der Waals surface area contributed by atoms with Gasteiger partial charge in [-0.2, -0.15) is 0 Å². The monoisotopic (exact) mass is 564 g/mol. The molecule has 29 heavy (non-hydrogen) atoms. The number of nitrogens with zero attached hydrogens (tertiary/aromatic N) is 2. The molecule has 0 saturated heterocycles. The topological polar surface area (TPSA) is 46.7 Å². The summed E-state index contributed by atoms with van der Waals surface area (Å²) in [6.45, 7) is 33.8. The van der Waals surface area contributed by atoms with Crippen molar-refractivity contribution in [3.8, 4) is 0 Å². The fourth-order valence-electron chi connectivity index (χ4n) is 3.16. The predicted molar refractivity (Wildman–Crippen MR) is 123 cm³/mol. The summed E-state index contributed by atoms with van der Waals surface area (Å²) in [4.78, 5) is 9.49. The van der Waals surface area contributed by atoms with Crippen molar-refractivity contribution in [2.75, 3.05) is 0 Å². The fraction of sp³-hybridized carbons (Fsp3) is 1.00. The van der Waals surface area contributed by atoms with E-state index in [1.807, 2.05) is 0 Å². The Balaban J connectivity index is -0.000000120. The summed E-state index contributed by atoms with van der Waals surface area (Å²) in [6, 6.07) is 0. The number of halogens is 2. The molecule has 176 valence electrons. The maximum absolute atomic E-state index is 5.97. The molecule has 9 heteroatoms. The van der Waals surface area contributed by atoms with Crippen molar-refractivity contribution in [2.45, 2.75) is 132 Å². The molecule has 0 aromatic heterocycles. The first-order valence-electron chi connectivity index (χ1n) is 9.71. The Morgan fingerprint density at radius 1 is 0.483 bits per heavy atom. The minimum Gasteiger partial charge on any atom is -1.00 e. The van der Waals surface area contributed by atoms with Crippen LogP contribution in [0.5, 0.6) is 0 Å². The Morgan fingerprint density at radius 2 is 0.655 bits per heavy atom. The molecule has 0 N–H and O–H groups in total. The average molecular weight is 567 g/mol. The fourth-order valence-corrected chi connectivity index (χ4v) is 9.48. The van der Waals surface area contributed by atoms with Crippen LogP contribution in [-0.2, 0) is 35.1 Å². The van der Waals surface area contributed by atoms with E-state index in [0.717, 1.165) is 0 Å². The second-order valence-corrected chi connectivity index (χ2v) is 18.5. The van der Waals surface area contributed by atoms with Crippen LogP contribution in [0.2, 0.25) is 26.2 Å². The third-order valence-corrected chi connectivity index (χ3v) is 6.96. The molecule has 0 bridgehead atoms. The van der Waals surface area contributed by atoms with Crippen molar-refractivity contribution >= 4 is 17.0 Å². The Bertz CT molecular complexity index is 350. The molecule has 0 rings (SSSR count). The molecule has 0 unspecified atom stereocenters. The predicted octanol–water partition coefficient (Wildman–Crippen LogP) is 1.36. The molecule has 0 radical (unpaired) electrons. The molecule has 0 aromatic carbocycles. The molecule has 0 aliphatic heterocycles. The van der Waals surface area contributed by atoms with Crippen molar-refractivity contribution in [3.05, 3.63) is 9.96 Å². The van der Waals surface area contributed by atoms with Crippen molar-refractivity contribution in [1.82, 2.24) is 0 Å². The van der Waals surface area contributed by atoms with Gasteiger partial charge in [-0.15, -0.1) is 11.1 Å². The molecule has 0 amide bonds. The van der Waals surface area contributed by atoms with E-state index in [1.165, 1.54) is 0 Å². The summed E-state index contributed by atoms with van der Waals surface area (Å²) in [5, 5.41) is 0. The molecule has 0 aliphatic carbocycles. The Labute approximate surface area is 217 Å². The van der Waals surface area contributed by atoms with Gasteiger partial charge in [0.1, 0.15) is 0 Å². The first-order valence-corrected chi connectivity index (χ1v) is 15.4. The van der Waals surface area contributed by atoms with E-state index >= 15 is 0 Å². The van der Waals surface area contributed by atoms with Gasteiger partial charge in [-0.05, 0) is 41.5 Å². The van der Waals surface area contributed by atoms with Gasteiger partial charge in [0.2, 0.25) is 0 Å². The van der Waals surface area contributed by atoms with Gasteiger partial charge in [0.05, 0.1) is 17.0 Å². The SMILES string of the molecule is CC(C)(C)[N-][Si](C)(C)OC(C)(C)C.CC(C)(C)[N-][Si](C)(C)OC(C)(C)C.[Cl-].[Cl-].[Zr+4]. The van der Waals surface area contributed by atoms with E-state index in [4.69, 9.17) is 18.8 Å². The first kappa shape index (κ1) is 41.0. The van der Waals surface area contributed by atoms with E-state index in [0.29, 0.717) is 0 Å². The van der Waals surface area contributed by atoms with Gasteiger partial charge in [0, 0.05) is 11.2 Å². The summed E-state index contributed by atoms with van der Waals surface area (Å²) < 4.78 is 11.9. The van der Waals surface area contributed by atoms with Crippen LogP contribution < -0.4 is 24.8 Å². The van der Waals surface area contributed by atoms with Gasteiger partial charge in [0.25, 0.3) is 0 Å².